The highest BCUT2D eigenvalue weighted by Gasteiger charge is 2.28. The lowest BCUT2D eigenvalue weighted by Crippen LogP contribution is -2.41. The largest absolute Gasteiger partial charge is 0.348 e. The van der Waals surface area contributed by atoms with Gasteiger partial charge in [-0.15, -0.1) is 0 Å². The Morgan fingerprint density at radius 1 is 0.818 bits per heavy atom. The predicted molar refractivity (Wildman–Crippen MR) is 134 cm³/mol. The van der Waals surface area contributed by atoms with Crippen molar-refractivity contribution in [1.82, 2.24) is 5.32 Å². The van der Waals surface area contributed by atoms with Crippen LogP contribution in [0.1, 0.15) is 46.3 Å². The first-order chi connectivity index (χ1) is 15.5. The molecule has 174 valence electrons. The van der Waals surface area contributed by atoms with Gasteiger partial charge < -0.3 is 5.32 Å². The summed E-state index contributed by atoms with van der Waals surface area (Å²) in [4.78, 5) is 13.2. The van der Waals surface area contributed by atoms with Crippen molar-refractivity contribution >= 4 is 21.6 Å². The number of sulfonamides is 1. The van der Waals surface area contributed by atoms with Gasteiger partial charge in [-0.2, -0.15) is 0 Å². The monoisotopic (exact) mass is 464 g/mol. The third kappa shape index (κ3) is 5.63. The van der Waals surface area contributed by atoms with Crippen LogP contribution in [0, 0.1) is 34.6 Å². The molecule has 1 amide bonds. The zero-order valence-electron chi connectivity index (χ0n) is 20.1. The molecule has 0 aliphatic carbocycles. The molecule has 33 heavy (non-hydrogen) atoms. The van der Waals surface area contributed by atoms with Crippen molar-refractivity contribution in [1.29, 1.82) is 0 Å². The molecule has 3 rings (SSSR count). The molecule has 1 atom stereocenters. The predicted octanol–water partition coefficient (Wildman–Crippen LogP) is 5.30. The number of benzene rings is 3. The van der Waals surface area contributed by atoms with Crippen LogP contribution in [0.15, 0.2) is 65.6 Å². The second kappa shape index (κ2) is 9.79. The Morgan fingerprint density at radius 3 is 2.06 bits per heavy atom. The average Bonchev–Trinajstić information content (AvgIpc) is 2.74. The normalized spacial score (nSPS) is 12.3. The van der Waals surface area contributed by atoms with E-state index in [2.05, 4.69) is 11.4 Å². The summed E-state index contributed by atoms with van der Waals surface area (Å²) in [6, 6.07) is 17.9. The highest BCUT2D eigenvalue weighted by atomic mass is 32.2. The van der Waals surface area contributed by atoms with Gasteiger partial charge in [0.25, 0.3) is 10.0 Å². The minimum atomic E-state index is -3.94. The number of nitrogens with zero attached hydrogens (tertiary/aromatic N) is 1. The number of carbonyl (C=O) groups excluding carboxylic acids is 1. The molecule has 0 bridgehead atoms. The van der Waals surface area contributed by atoms with Gasteiger partial charge in [-0.1, -0.05) is 47.5 Å². The summed E-state index contributed by atoms with van der Waals surface area (Å²) in [5.74, 6) is -0.364. The standard InChI is InChI=1S/C27H32N2O3S/c1-18-7-12-25(13-8-18)33(31,32)29(24-11-10-20(3)21(4)16-24)17-27(30)28-23(6)26-14-9-19(2)15-22(26)5/h7-16,23H,17H2,1-6H3,(H,28,30)/t23-/m1/s1. The van der Waals surface area contributed by atoms with Gasteiger partial charge in [-0.25, -0.2) is 8.42 Å². The van der Waals surface area contributed by atoms with Crippen LogP contribution in [0.4, 0.5) is 5.69 Å². The van der Waals surface area contributed by atoms with Crippen LogP contribution in [-0.4, -0.2) is 20.9 Å². The van der Waals surface area contributed by atoms with Crippen LogP contribution < -0.4 is 9.62 Å². The van der Waals surface area contributed by atoms with Crippen molar-refractivity contribution in [3.8, 4) is 0 Å². The highest BCUT2D eigenvalue weighted by molar-refractivity contribution is 7.92. The smallest absolute Gasteiger partial charge is 0.264 e. The van der Waals surface area contributed by atoms with E-state index in [9.17, 15) is 13.2 Å². The second-order valence-electron chi connectivity index (χ2n) is 8.74. The molecule has 0 aliphatic rings. The fraction of sp³-hybridized carbons (Fsp3) is 0.296. The van der Waals surface area contributed by atoms with Gasteiger partial charge in [-0.3, -0.25) is 9.10 Å². The first-order valence-corrected chi connectivity index (χ1v) is 12.5. The lowest BCUT2D eigenvalue weighted by atomic mass is 10.0. The maximum atomic E-state index is 13.6. The van der Waals surface area contributed by atoms with Crippen molar-refractivity contribution in [2.24, 2.45) is 0 Å². The van der Waals surface area contributed by atoms with Gasteiger partial charge in [0.1, 0.15) is 6.54 Å². The fourth-order valence-corrected chi connectivity index (χ4v) is 5.25. The van der Waals surface area contributed by atoms with E-state index in [1.807, 2.05) is 65.8 Å². The number of amides is 1. The Labute approximate surface area is 197 Å². The van der Waals surface area contributed by atoms with E-state index in [0.29, 0.717) is 5.69 Å². The third-order valence-corrected chi connectivity index (χ3v) is 7.73. The summed E-state index contributed by atoms with van der Waals surface area (Å²) in [5, 5.41) is 2.97. The number of hydrogen-bond acceptors (Lipinski definition) is 3. The summed E-state index contributed by atoms with van der Waals surface area (Å²) < 4.78 is 28.3. The fourth-order valence-electron chi connectivity index (χ4n) is 3.84. The van der Waals surface area contributed by atoms with E-state index in [0.717, 1.165) is 33.4 Å². The maximum absolute atomic E-state index is 13.6. The van der Waals surface area contributed by atoms with Gasteiger partial charge in [0.05, 0.1) is 16.6 Å². The molecule has 0 heterocycles. The van der Waals surface area contributed by atoms with Crippen LogP contribution in [0.3, 0.4) is 0 Å². The zero-order chi connectivity index (χ0) is 24.3. The van der Waals surface area contributed by atoms with E-state index in [1.54, 1.807) is 30.3 Å². The first kappa shape index (κ1) is 24.5. The van der Waals surface area contributed by atoms with Crippen LogP contribution in [0.25, 0.3) is 0 Å². The lowest BCUT2D eigenvalue weighted by molar-refractivity contribution is -0.120. The van der Waals surface area contributed by atoms with Gasteiger partial charge in [-0.05, 0) is 88.1 Å². The van der Waals surface area contributed by atoms with E-state index >= 15 is 0 Å². The minimum absolute atomic E-state index is 0.154. The Hall–Kier alpha value is -3.12. The molecule has 3 aromatic rings. The zero-order valence-corrected chi connectivity index (χ0v) is 21.0. The molecule has 0 aliphatic heterocycles. The molecule has 0 saturated carbocycles. The van der Waals surface area contributed by atoms with Crippen molar-refractivity contribution in [3.05, 3.63) is 94.0 Å². The van der Waals surface area contributed by atoms with E-state index in [1.165, 1.54) is 4.31 Å². The molecule has 5 nitrogen and oxygen atoms in total. The SMILES string of the molecule is Cc1ccc(S(=O)(=O)N(CC(=O)N[C@H](C)c2ccc(C)cc2C)c2ccc(C)c(C)c2)cc1. The number of anilines is 1. The van der Waals surface area contributed by atoms with Crippen LogP contribution in [-0.2, 0) is 14.8 Å². The summed E-state index contributed by atoms with van der Waals surface area (Å²) in [7, 11) is -3.94. The van der Waals surface area contributed by atoms with Crippen molar-refractivity contribution in [2.45, 2.75) is 52.5 Å². The molecule has 0 saturated heterocycles. The molecular weight excluding hydrogens is 432 g/mol. The number of hydrogen-bond donors (Lipinski definition) is 1. The molecular formula is C27H32N2O3S. The summed E-state index contributed by atoms with van der Waals surface area (Å²) in [6.07, 6.45) is 0. The molecule has 0 aromatic heterocycles. The minimum Gasteiger partial charge on any atom is -0.348 e. The Bertz CT molecular complexity index is 1270. The van der Waals surface area contributed by atoms with Gasteiger partial charge in [0.2, 0.25) is 5.91 Å². The summed E-state index contributed by atoms with van der Waals surface area (Å²) >= 11 is 0. The number of rotatable bonds is 7. The van der Waals surface area contributed by atoms with Crippen LogP contribution in [0.5, 0.6) is 0 Å². The number of aryl methyl sites for hydroxylation is 5. The van der Waals surface area contributed by atoms with E-state index in [4.69, 9.17) is 0 Å². The van der Waals surface area contributed by atoms with Crippen LogP contribution in [0.2, 0.25) is 0 Å². The lowest BCUT2D eigenvalue weighted by Gasteiger charge is -2.26. The molecule has 0 fully saturated rings. The average molecular weight is 465 g/mol. The Kier molecular flexibility index (Phi) is 7.28. The number of nitrogens with one attached hydrogen (secondary N) is 1. The maximum Gasteiger partial charge on any atom is 0.264 e. The first-order valence-electron chi connectivity index (χ1n) is 11.0. The quantitative estimate of drug-likeness (QED) is 0.516. The third-order valence-electron chi connectivity index (χ3n) is 5.94. The molecule has 1 N–H and O–H groups in total. The van der Waals surface area contributed by atoms with Gasteiger partial charge >= 0.3 is 0 Å². The molecule has 0 unspecified atom stereocenters. The summed E-state index contributed by atoms with van der Waals surface area (Å²) in [6.45, 7) is 11.4. The van der Waals surface area contributed by atoms with Crippen molar-refractivity contribution in [3.63, 3.8) is 0 Å². The summed E-state index contributed by atoms with van der Waals surface area (Å²) in [5.41, 5.74) is 6.69. The topological polar surface area (TPSA) is 66.5 Å². The Balaban J connectivity index is 1.93. The molecule has 0 radical (unpaired) electrons. The Morgan fingerprint density at radius 2 is 1.45 bits per heavy atom. The van der Waals surface area contributed by atoms with Crippen LogP contribution >= 0.6 is 0 Å². The number of carbonyl (C=O) groups is 1. The van der Waals surface area contributed by atoms with E-state index < -0.39 is 10.0 Å². The van der Waals surface area contributed by atoms with Gasteiger partial charge in [0.15, 0.2) is 0 Å². The van der Waals surface area contributed by atoms with Crippen molar-refractivity contribution in [2.75, 3.05) is 10.8 Å². The molecule has 3 aromatic carbocycles. The van der Waals surface area contributed by atoms with E-state index in [-0.39, 0.29) is 23.4 Å². The molecule has 0 spiro atoms. The second-order valence-corrected chi connectivity index (χ2v) is 10.6. The highest BCUT2D eigenvalue weighted by Crippen LogP contribution is 2.26. The molecule has 6 heteroatoms. The van der Waals surface area contributed by atoms with Crippen molar-refractivity contribution < 1.29 is 13.2 Å². The van der Waals surface area contributed by atoms with Gasteiger partial charge in [0, 0.05) is 0 Å².